The summed E-state index contributed by atoms with van der Waals surface area (Å²) in [6, 6.07) is 0. The van der Waals surface area contributed by atoms with Gasteiger partial charge >= 0.3 is 0 Å². The van der Waals surface area contributed by atoms with E-state index in [1.807, 2.05) is 0 Å². The zero-order chi connectivity index (χ0) is 12.8. The van der Waals surface area contributed by atoms with Crippen LogP contribution in [-0.4, -0.2) is 30.7 Å². The van der Waals surface area contributed by atoms with Gasteiger partial charge in [0.1, 0.15) is 0 Å². The summed E-state index contributed by atoms with van der Waals surface area (Å²) in [5.41, 5.74) is 5.74. The Bertz CT molecular complexity index is 269. The Hall–Kier alpha value is -0.610. The van der Waals surface area contributed by atoms with E-state index in [9.17, 15) is 4.79 Å². The van der Waals surface area contributed by atoms with E-state index in [2.05, 4.69) is 5.32 Å². The minimum absolute atomic E-state index is 0.120. The summed E-state index contributed by atoms with van der Waals surface area (Å²) in [5, 5.41) is 3.19. The topological polar surface area (TPSA) is 64.3 Å². The first-order valence-electron chi connectivity index (χ1n) is 7.37. The van der Waals surface area contributed by atoms with Gasteiger partial charge in [0.15, 0.2) is 0 Å². The second kappa shape index (κ2) is 6.53. The van der Waals surface area contributed by atoms with Crippen molar-refractivity contribution in [2.75, 3.05) is 13.2 Å². The summed E-state index contributed by atoms with van der Waals surface area (Å²) < 4.78 is 5.61. The fourth-order valence-corrected chi connectivity index (χ4v) is 3.13. The zero-order valence-corrected chi connectivity index (χ0v) is 11.2. The summed E-state index contributed by atoms with van der Waals surface area (Å²) in [5.74, 6) is 0.120. The fraction of sp³-hybridized carbons (Fsp3) is 0.929. The molecule has 1 aliphatic carbocycles. The lowest BCUT2D eigenvalue weighted by molar-refractivity contribution is -0.127. The molecular weight excluding hydrogens is 228 g/mol. The maximum absolute atomic E-state index is 12.1. The molecule has 1 aliphatic heterocycles. The van der Waals surface area contributed by atoms with E-state index in [4.69, 9.17) is 10.5 Å². The summed E-state index contributed by atoms with van der Waals surface area (Å²) in [6.45, 7) is 1.37. The molecule has 1 amide bonds. The van der Waals surface area contributed by atoms with Gasteiger partial charge in [-0.25, -0.2) is 0 Å². The molecule has 0 radical (unpaired) electrons. The van der Waals surface area contributed by atoms with E-state index in [0.29, 0.717) is 13.0 Å². The largest absolute Gasteiger partial charge is 0.378 e. The van der Waals surface area contributed by atoms with Crippen LogP contribution in [0.15, 0.2) is 0 Å². The molecule has 1 saturated heterocycles. The van der Waals surface area contributed by atoms with Crippen molar-refractivity contribution < 1.29 is 9.53 Å². The zero-order valence-electron chi connectivity index (χ0n) is 11.2. The highest BCUT2D eigenvalue weighted by Gasteiger charge is 2.32. The van der Waals surface area contributed by atoms with E-state index in [0.717, 1.165) is 32.3 Å². The number of carbonyl (C=O) groups excluding carboxylic acids is 1. The van der Waals surface area contributed by atoms with Crippen LogP contribution in [0.5, 0.6) is 0 Å². The van der Waals surface area contributed by atoms with Crippen molar-refractivity contribution in [2.24, 2.45) is 5.73 Å². The quantitative estimate of drug-likeness (QED) is 0.803. The van der Waals surface area contributed by atoms with Crippen LogP contribution in [0.1, 0.15) is 57.8 Å². The SMILES string of the molecule is NCC1(NC(=O)CC2CCCCO2)CCCCC1. The smallest absolute Gasteiger partial charge is 0.223 e. The Labute approximate surface area is 110 Å². The van der Waals surface area contributed by atoms with Crippen molar-refractivity contribution in [3.63, 3.8) is 0 Å². The van der Waals surface area contributed by atoms with E-state index in [-0.39, 0.29) is 17.6 Å². The van der Waals surface area contributed by atoms with E-state index in [1.54, 1.807) is 0 Å². The van der Waals surface area contributed by atoms with Crippen LogP contribution < -0.4 is 11.1 Å². The van der Waals surface area contributed by atoms with Gasteiger partial charge in [0.05, 0.1) is 18.1 Å². The Balaban J connectivity index is 1.81. The van der Waals surface area contributed by atoms with Crippen molar-refractivity contribution >= 4 is 5.91 Å². The minimum Gasteiger partial charge on any atom is -0.378 e. The lowest BCUT2D eigenvalue weighted by Crippen LogP contribution is -2.55. The average Bonchev–Trinajstić information content (AvgIpc) is 2.41. The standard InChI is InChI=1S/C14H26N2O2/c15-11-14(7-3-1-4-8-14)16-13(17)10-12-6-2-5-9-18-12/h12H,1-11,15H2,(H,16,17). The Morgan fingerprint density at radius 3 is 2.61 bits per heavy atom. The monoisotopic (exact) mass is 254 g/mol. The van der Waals surface area contributed by atoms with Crippen LogP contribution in [0, 0.1) is 0 Å². The summed E-state index contributed by atoms with van der Waals surface area (Å²) in [4.78, 5) is 12.1. The molecule has 3 N–H and O–H groups in total. The molecule has 1 heterocycles. The van der Waals surface area contributed by atoms with Crippen molar-refractivity contribution in [3.05, 3.63) is 0 Å². The Morgan fingerprint density at radius 1 is 1.22 bits per heavy atom. The molecule has 1 atom stereocenters. The maximum Gasteiger partial charge on any atom is 0.223 e. The van der Waals surface area contributed by atoms with Crippen molar-refractivity contribution in [1.29, 1.82) is 0 Å². The van der Waals surface area contributed by atoms with Gasteiger partial charge in [0, 0.05) is 13.2 Å². The van der Waals surface area contributed by atoms with E-state index < -0.39 is 0 Å². The van der Waals surface area contributed by atoms with Gasteiger partial charge in [-0.3, -0.25) is 4.79 Å². The number of hydrogen-bond donors (Lipinski definition) is 2. The van der Waals surface area contributed by atoms with E-state index in [1.165, 1.54) is 25.7 Å². The molecule has 2 fully saturated rings. The lowest BCUT2D eigenvalue weighted by atomic mass is 9.81. The third-order valence-corrected chi connectivity index (χ3v) is 4.29. The molecule has 1 unspecified atom stereocenters. The van der Waals surface area contributed by atoms with Crippen LogP contribution in [0.2, 0.25) is 0 Å². The molecule has 4 nitrogen and oxygen atoms in total. The Kier molecular flexibility index (Phi) is 5.01. The first kappa shape index (κ1) is 13.8. The highest BCUT2D eigenvalue weighted by Crippen LogP contribution is 2.27. The fourth-order valence-electron chi connectivity index (χ4n) is 3.13. The molecule has 1 saturated carbocycles. The highest BCUT2D eigenvalue weighted by atomic mass is 16.5. The van der Waals surface area contributed by atoms with Gasteiger partial charge in [0.2, 0.25) is 5.91 Å². The molecule has 0 spiro atoms. The minimum atomic E-state index is -0.135. The van der Waals surface area contributed by atoms with Gasteiger partial charge in [-0.05, 0) is 32.1 Å². The average molecular weight is 254 g/mol. The van der Waals surface area contributed by atoms with Gasteiger partial charge in [-0.1, -0.05) is 19.3 Å². The molecule has 0 aromatic rings. The molecular formula is C14H26N2O2. The number of nitrogens with two attached hydrogens (primary N) is 1. The van der Waals surface area contributed by atoms with Gasteiger partial charge < -0.3 is 15.8 Å². The number of ether oxygens (including phenoxy) is 1. The first-order chi connectivity index (χ1) is 8.74. The van der Waals surface area contributed by atoms with Crippen LogP contribution >= 0.6 is 0 Å². The number of carbonyl (C=O) groups is 1. The second-order valence-electron chi connectivity index (χ2n) is 5.79. The second-order valence-corrected chi connectivity index (χ2v) is 5.79. The van der Waals surface area contributed by atoms with Gasteiger partial charge in [-0.15, -0.1) is 0 Å². The number of nitrogens with one attached hydrogen (secondary N) is 1. The van der Waals surface area contributed by atoms with E-state index >= 15 is 0 Å². The molecule has 2 aliphatic rings. The molecule has 0 aromatic heterocycles. The van der Waals surface area contributed by atoms with Crippen molar-refractivity contribution in [1.82, 2.24) is 5.32 Å². The summed E-state index contributed by atoms with van der Waals surface area (Å²) in [7, 11) is 0. The normalized spacial score (nSPS) is 27.7. The molecule has 4 heteroatoms. The molecule has 18 heavy (non-hydrogen) atoms. The predicted molar refractivity (Wildman–Crippen MR) is 71.2 cm³/mol. The molecule has 104 valence electrons. The van der Waals surface area contributed by atoms with Crippen LogP contribution in [-0.2, 0) is 9.53 Å². The predicted octanol–water partition coefficient (Wildman–Crippen LogP) is 1.72. The summed E-state index contributed by atoms with van der Waals surface area (Å²) in [6.07, 6.45) is 9.63. The van der Waals surface area contributed by atoms with Crippen LogP contribution in [0.25, 0.3) is 0 Å². The summed E-state index contributed by atoms with van der Waals surface area (Å²) >= 11 is 0. The number of hydrogen-bond acceptors (Lipinski definition) is 3. The third-order valence-electron chi connectivity index (χ3n) is 4.29. The molecule has 0 aromatic carbocycles. The maximum atomic E-state index is 12.1. The van der Waals surface area contributed by atoms with Gasteiger partial charge in [-0.2, -0.15) is 0 Å². The Morgan fingerprint density at radius 2 is 2.00 bits per heavy atom. The van der Waals surface area contributed by atoms with Crippen molar-refractivity contribution in [2.45, 2.75) is 69.4 Å². The van der Waals surface area contributed by atoms with Gasteiger partial charge in [0.25, 0.3) is 0 Å². The lowest BCUT2D eigenvalue weighted by Gasteiger charge is -2.37. The molecule has 2 rings (SSSR count). The third kappa shape index (κ3) is 3.69. The van der Waals surface area contributed by atoms with Crippen LogP contribution in [0.3, 0.4) is 0 Å². The first-order valence-corrected chi connectivity index (χ1v) is 7.37. The highest BCUT2D eigenvalue weighted by molar-refractivity contribution is 5.77. The van der Waals surface area contributed by atoms with Crippen molar-refractivity contribution in [3.8, 4) is 0 Å². The number of rotatable bonds is 4. The molecule has 0 bridgehead atoms. The van der Waals surface area contributed by atoms with Crippen LogP contribution in [0.4, 0.5) is 0 Å². The number of amides is 1.